The van der Waals surface area contributed by atoms with Crippen molar-refractivity contribution in [1.29, 1.82) is 0 Å². The second-order valence-electron chi connectivity index (χ2n) is 7.45. The highest BCUT2D eigenvalue weighted by Gasteiger charge is 2.34. The largest absolute Gasteiger partial charge is 0.313 e. The summed E-state index contributed by atoms with van der Waals surface area (Å²) in [5, 5.41) is 4.39. The van der Waals surface area contributed by atoms with Gasteiger partial charge < -0.3 is 5.32 Å². The molecule has 0 spiro atoms. The van der Waals surface area contributed by atoms with E-state index in [9.17, 15) is 0 Å². The summed E-state index contributed by atoms with van der Waals surface area (Å²) in [6.07, 6.45) is 3.96. The molecule has 1 aliphatic rings. The van der Waals surface area contributed by atoms with Gasteiger partial charge in [-0.2, -0.15) is 0 Å². The van der Waals surface area contributed by atoms with E-state index in [2.05, 4.69) is 76.0 Å². The predicted octanol–water partition coefficient (Wildman–Crippen LogP) is 5.46. The van der Waals surface area contributed by atoms with Crippen LogP contribution in [-0.2, 0) is 0 Å². The second-order valence-corrected chi connectivity index (χ2v) is 8.76. The molecule has 2 unspecified atom stereocenters. The lowest BCUT2D eigenvalue weighted by atomic mass is 9.75. The zero-order valence-corrected chi connectivity index (χ0v) is 15.1. The van der Waals surface area contributed by atoms with Gasteiger partial charge in [0.2, 0.25) is 0 Å². The first kappa shape index (κ1) is 16.9. The fraction of sp³-hybridized carbons (Fsp3) is 0.684. The van der Waals surface area contributed by atoms with Crippen LogP contribution in [0.1, 0.15) is 65.4 Å². The molecule has 0 heterocycles. The SMILES string of the molecule is CCNC1CCC(C)(C)CC1Sc1ccc(C(C)C)cc1. The summed E-state index contributed by atoms with van der Waals surface area (Å²) >= 11 is 2.07. The van der Waals surface area contributed by atoms with Crippen molar-refractivity contribution in [3.63, 3.8) is 0 Å². The summed E-state index contributed by atoms with van der Waals surface area (Å²) in [6.45, 7) is 12.7. The highest BCUT2D eigenvalue weighted by molar-refractivity contribution is 8.00. The summed E-state index contributed by atoms with van der Waals surface area (Å²) < 4.78 is 0. The quantitative estimate of drug-likeness (QED) is 0.775. The molecule has 0 radical (unpaired) electrons. The van der Waals surface area contributed by atoms with Crippen LogP contribution in [-0.4, -0.2) is 17.8 Å². The minimum absolute atomic E-state index is 0.488. The molecule has 1 nitrogen and oxygen atoms in total. The molecule has 0 saturated heterocycles. The molecular formula is C19H31NS. The molecule has 1 fully saturated rings. The van der Waals surface area contributed by atoms with Crippen molar-refractivity contribution in [2.45, 2.75) is 76.0 Å². The second kappa shape index (κ2) is 7.19. The first-order valence-electron chi connectivity index (χ1n) is 8.41. The van der Waals surface area contributed by atoms with Gasteiger partial charge in [0.15, 0.2) is 0 Å². The van der Waals surface area contributed by atoms with Crippen molar-refractivity contribution in [2.24, 2.45) is 5.41 Å². The predicted molar refractivity (Wildman–Crippen MR) is 95.3 cm³/mol. The van der Waals surface area contributed by atoms with E-state index in [4.69, 9.17) is 0 Å². The molecule has 1 aliphatic carbocycles. The number of rotatable bonds is 5. The molecule has 1 aromatic rings. The maximum absolute atomic E-state index is 3.70. The Balaban J connectivity index is 2.06. The normalized spacial score (nSPS) is 25.2. The van der Waals surface area contributed by atoms with Gasteiger partial charge >= 0.3 is 0 Å². The summed E-state index contributed by atoms with van der Waals surface area (Å²) in [7, 11) is 0. The molecule has 118 valence electrons. The Hall–Kier alpha value is -0.470. The fourth-order valence-electron chi connectivity index (χ4n) is 3.25. The van der Waals surface area contributed by atoms with Crippen LogP contribution in [0.25, 0.3) is 0 Å². The van der Waals surface area contributed by atoms with Gasteiger partial charge in [-0.05, 0) is 54.8 Å². The molecule has 0 amide bonds. The van der Waals surface area contributed by atoms with Crippen LogP contribution in [0.5, 0.6) is 0 Å². The van der Waals surface area contributed by atoms with E-state index in [0.29, 0.717) is 22.6 Å². The van der Waals surface area contributed by atoms with Gasteiger partial charge in [0.25, 0.3) is 0 Å². The highest BCUT2D eigenvalue weighted by atomic mass is 32.2. The van der Waals surface area contributed by atoms with Gasteiger partial charge in [0, 0.05) is 16.2 Å². The zero-order valence-electron chi connectivity index (χ0n) is 14.3. The third-order valence-electron chi connectivity index (χ3n) is 4.64. The molecule has 0 aliphatic heterocycles. The van der Waals surface area contributed by atoms with Gasteiger partial charge in [-0.25, -0.2) is 0 Å². The van der Waals surface area contributed by atoms with Crippen molar-refractivity contribution in [3.05, 3.63) is 29.8 Å². The molecule has 2 heteroatoms. The Bertz CT molecular complexity index is 435. The third-order valence-corrected chi connectivity index (χ3v) is 5.98. The molecule has 2 atom stereocenters. The number of benzene rings is 1. The lowest BCUT2D eigenvalue weighted by Gasteiger charge is -2.40. The van der Waals surface area contributed by atoms with Gasteiger partial charge in [0.1, 0.15) is 0 Å². The molecule has 1 aromatic carbocycles. The first-order chi connectivity index (χ1) is 9.91. The minimum atomic E-state index is 0.488. The Morgan fingerprint density at radius 1 is 1.24 bits per heavy atom. The maximum atomic E-state index is 3.70. The summed E-state index contributed by atoms with van der Waals surface area (Å²) in [4.78, 5) is 1.42. The lowest BCUT2D eigenvalue weighted by Crippen LogP contribution is -2.44. The Kier molecular flexibility index (Phi) is 5.79. The van der Waals surface area contributed by atoms with Gasteiger partial charge in [0.05, 0.1) is 0 Å². The number of thioether (sulfide) groups is 1. The summed E-state index contributed by atoms with van der Waals surface area (Å²) in [6, 6.07) is 9.87. The molecular weight excluding hydrogens is 274 g/mol. The van der Waals surface area contributed by atoms with E-state index in [1.807, 2.05) is 0 Å². The van der Waals surface area contributed by atoms with Crippen molar-refractivity contribution in [1.82, 2.24) is 5.32 Å². The fourth-order valence-corrected chi connectivity index (χ4v) is 4.82. The summed E-state index contributed by atoms with van der Waals surface area (Å²) in [5.74, 6) is 0.618. The Labute approximate surface area is 135 Å². The lowest BCUT2D eigenvalue weighted by molar-refractivity contribution is 0.215. The monoisotopic (exact) mass is 305 g/mol. The highest BCUT2D eigenvalue weighted by Crippen LogP contribution is 2.42. The van der Waals surface area contributed by atoms with Crippen molar-refractivity contribution < 1.29 is 0 Å². The van der Waals surface area contributed by atoms with Crippen LogP contribution in [0.4, 0.5) is 0 Å². The van der Waals surface area contributed by atoms with Crippen molar-refractivity contribution >= 4 is 11.8 Å². The number of nitrogens with one attached hydrogen (secondary N) is 1. The van der Waals surface area contributed by atoms with Crippen LogP contribution < -0.4 is 5.32 Å². The van der Waals surface area contributed by atoms with Gasteiger partial charge in [-0.1, -0.05) is 46.8 Å². The molecule has 0 aromatic heterocycles. The minimum Gasteiger partial charge on any atom is -0.313 e. The van der Waals surface area contributed by atoms with Crippen molar-refractivity contribution in [2.75, 3.05) is 6.54 Å². The van der Waals surface area contributed by atoms with Crippen LogP contribution in [0.2, 0.25) is 0 Å². The average Bonchev–Trinajstić information content (AvgIpc) is 2.42. The van der Waals surface area contributed by atoms with E-state index in [1.165, 1.54) is 29.7 Å². The molecule has 21 heavy (non-hydrogen) atoms. The van der Waals surface area contributed by atoms with E-state index >= 15 is 0 Å². The molecule has 1 saturated carbocycles. The average molecular weight is 306 g/mol. The topological polar surface area (TPSA) is 12.0 Å². The molecule has 1 N–H and O–H groups in total. The molecule has 2 rings (SSSR count). The van der Waals surface area contributed by atoms with E-state index < -0.39 is 0 Å². The van der Waals surface area contributed by atoms with Crippen molar-refractivity contribution in [3.8, 4) is 0 Å². The Morgan fingerprint density at radius 2 is 1.90 bits per heavy atom. The zero-order chi connectivity index (χ0) is 15.5. The van der Waals surface area contributed by atoms with Gasteiger partial charge in [-0.3, -0.25) is 0 Å². The maximum Gasteiger partial charge on any atom is 0.0253 e. The van der Waals surface area contributed by atoms with Crippen LogP contribution in [0, 0.1) is 5.41 Å². The van der Waals surface area contributed by atoms with Gasteiger partial charge in [-0.15, -0.1) is 11.8 Å². The van der Waals surface area contributed by atoms with E-state index in [-0.39, 0.29) is 0 Å². The molecule has 0 bridgehead atoms. The summed E-state index contributed by atoms with van der Waals surface area (Å²) in [5.41, 5.74) is 1.92. The standard InChI is InChI=1S/C19H31NS/c1-6-20-17-11-12-19(4,5)13-18(17)21-16-9-7-15(8-10-16)14(2)3/h7-10,14,17-18,20H,6,11-13H2,1-5H3. The number of hydrogen-bond donors (Lipinski definition) is 1. The Morgan fingerprint density at radius 3 is 2.48 bits per heavy atom. The van der Waals surface area contributed by atoms with Crippen LogP contribution >= 0.6 is 11.8 Å². The smallest absolute Gasteiger partial charge is 0.0253 e. The van der Waals surface area contributed by atoms with Crippen LogP contribution in [0.3, 0.4) is 0 Å². The number of hydrogen-bond acceptors (Lipinski definition) is 2. The first-order valence-corrected chi connectivity index (χ1v) is 9.29. The van der Waals surface area contributed by atoms with Crippen LogP contribution in [0.15, 0.2) is 29.2 Å². The van der Waals surface area contributed by atoms with E-state index in [1.54, 1.807) is 0 Å². The third kappa shape index (κ3) is 4.75. The van der Waals surface area contributed by atoms with E-state index in [0.717, 1.165) is 6.54 Å².